The molecular formula is C27H31ClFN5O4S. The molecule has 3 aromatic rings. The number of hydrogen-bond acceptors (Lipinski definition) is 7. The molecule has 1 saturated heterocycles. The van der Waals surface area contributed by atoms with Crippen LogP contribution in [0.4, 0.5) is 14.9 Å². The SMILES string of the molecule is COc1ncc(Cl)cc1S(=O)Nc1ccnc(-c2ccc(CN3CCN(C(=O)OC(C)(C)C)CC3)cc2F)c1. The maximum atomic E-state index is 15.2. The zero-order chi connectivity index (χ0) is 28.2. The van der Waals surface area contributed by atoms with Crippen LogP contribution >= 0.6 is 11.6 Å². The smallest absolute Gasteiger partial charge is 0.410 e. The number of methoxy groups -OCH3 is 1. The van der Waals surface area contributed by atoms with Crippen LogP contribution in [0.5, 0.6) is 5.88 Å². The van der Waals surface area contributed by atoms with Crippen LogP contribution in [-0.4, -0.2) is 69.0 Å². The number of rotatable bonds is 7. The summed E-state index contributed by atoms with van der Waals surface area (Å²) in [5.74, 6) is -0.223. The summed E-state index contributed by atoms with van der Waals surface area (Å²) in [5, 5.41) is 0.323. The van der Waals surface area contributed by atoms with E-state index in [1.54, 1.807) is 23.1 Å². The summed E-state index contributed by atoms with van der Waals surface area (Å²) in [7, 11) is -0.298. The minimum atomic E-state index is -1.73. The molecule has 0 spiro atoms. The number of nitrogens with one attached hydrogen (secondary N) is 1. The first-order valence-corrected chi connectivity index (χ1v) is 13.9. The van der Waals surface area contributed by atoms with Gasteiger partial charge in [0.1, 0.15) is 16.3 Å². The van der Waals surface area contributed by atoms with Crippen LogP contribution in [0.2, 0.25) is 5.02 Å². The lowest BCUT2D eigenvalue weighted by molar-refractivity contribution is 0.0139. The van der Waals surface area contributed by atoms with Crippen LogP contribution in [-0.2, 0) is 22.3 Å². The van der Waals surface area contributed by atoms with E-state index < -0.39 is 22.4 Å². The van der Waals surface area contributed by atoms with E-state index in [1.165, 1.54) is 31.6 Å². The van der Waals surface area contributed by atoms with Crippen molar-refractivity contribution in [1.29, 1.82) is 0 Å². The second kappa shape index (κ2) is 12.3. The van der Waals surface area contributed by atoms with Crippen LogP contribution < -0.4 is 9.46 Å². The third kappa shape index (κ3) is 7.65. The standard InChI is InChI=1S/C27H31ClFN5O4S/c1-27(2,3)38-26(35)34-11-9-33(10-12-34)17-18-5-6-21(22(29)13-18)23-15-20(7-8-30-23)32-39(36)24-14-19(28)16-31-25(24)37-4/h5-8,13-16H,9-12,17H2,1-4H3,(H,30,32). The Hall–Kier alpha value is -3.28. The van der Waals surface area contributed by atoms with Gasteiger partial charge in [0.25, 0.3) is 0 Å². The molecule has 39 heavy (non-hydrogen) atoms. The van der Waals surface area contributed by atoms with Gasteiger partial charge in [0.15, 0.2) is 11.0 Å². The number of piperazine rings is 1. The summed E-state index contributed by atoms with van der Waals surface area (Å²) in [6, 6.07) is 9.81. The van der Waals surface area contributed by atoms with E-state index in [2.05, 4.69) is 19.6 Å². The van der Waals surface area contributed by atoms with E-state index in [4.69, 9.17) is 21.1 Å². The molecule has 1 atom stereocenters. The molecule has 0 saturated carbocycles. The highest BCUT2D eigenvalue weighted by Crippen LogP contribution is 2.27. The van der Waals surface area contributed by atoms with Gasteiger partial charge >= 0.3 is 6.09 Å². The first-order valence-electron chi connectivity index (χ1n) is 12.4. The molecule has 1 amide bonds. The maximum absolute atomic E-state index is 15.2. The van der Waals surface area contributed by atoms with Crippen LogP contribution in [0.25, 0.3) is 11.3 Å². The monoisotopic (exact) mass is 575 g/mol. The number of halogens is 2. The van der Waals surface area contributed by atoms with Crippen molar-refractivity contribution in [2.75, 3.05) is 38.0 Å². The number of carbonyl (C=O) groups excluding carboxylic acids is 1. The molecule has 9 nitrogen and oxygen atoms in total. The second-order valence-electron chi connectivity index (χ2n) is 10.0. The molecule has 1 aliphatic rings. The summed E-state index contributed by atoms with van der Waals surface area (Å²) in [4.78, 5) is 24.8. The van der Waals surface area contributed by atoms with Crippen LogP contribution in [0.1, 0.15) is 26.3 Å². The summed E-state index contributed by atoms with van der Waals surface area (Å²) in [6.45, 7) is 8.54. The van der Waals surface area contributed by atoms with Gasteiger partial charge in [0.05, 0.1) is 23.5 Å². The van der Waals surface area contributed by atoms with Crippen molar-refractivity contribution in [3.63, 3.8) is 0 Å². The van der Waals surface area contributed by atoms with Crippen molar-refractivity contribution in [1.82, 2.24) is 19.8 Å². The predicted octanol–water partition coefficient (Wildman–Crippen LogP) is 5.13. The molecule has 208 valence electrons. The molecule has 0 aliphatic carbocycles. The third-order valence-electron chi connectivity index (χ3n) is 5.89. The van der Waals surface area contributed by atoms with E-state index in [9.17, 15) is 9.00 Å². The van der Waals surface area contributed by atoms with Crippen molar-refractivity contribution in [3.8, 4) is 17.1 Å². The number of carbonyl (C=O) groups is 1. The van der Waals surface area contributed by atoms with Gasteiger partial charge in [-0.05, 0) is 56.7 Å². The molecule has 1 aliphatic heterocycles. The number of hydrogen-bond donors (Lipinski definition) is 1. The van der Waals surface area contributed by atoms with E-state index in [0.717, 1.165) is 5.56 Å². The molecule has 1 fully saturated rings. The molecule has 0 radical (unpaired) electrons. The molecule has 12 heteroatoms. The normalized spacial score (nSPS) is 15.1. The van der Waals surface area contributed by atoms with Crippen LogP contribution in [0.15, 0.2) is 53.7 Å². The number of amides is 1. The van der Waals surface area contributed by atoms with Crippen molar-refractivity contribution in [2.45, 2.75) is 37.8 Å². The van der Waals surface area contributed by atoms with Crippen molar-refractivity contribution in [3.05, 3.63) is 65.2 Å². The Bertz CT molecular complexity index is 1360. The van der Waals surface area contributed by atoms with Gasteiger partial charge in [-0.3, -0.25) is 9.88 Å². The highest BCUT2D eigenvalue weighted by atomic mass is 35.5. The maximum Gasteiger partial charge on any atom is 0.410 e. The predicted molar refractivity (Wildman–Crippen MR) is 149 cm³/mol. The Kier molecular flexibility index (Phi) is 9.04. The molecule has 3 heterocycles. The topological polar surface area (TPSA) is 96.9 Å². The number of nitrogens with zero attached hydrogens (tertiary/aromatic N) is 4. The number of anilines is 1. The van der Waals surface area contributed by atoms with E-state index >= 15 is 4.39 Å². The molecule has 1 N–H and O–H groups in total. The third-order valence-corrected chi connectivity index (χ3v) is 7.21. The highest BCUT2D eigenvalue weighted by molar-refractivity contribution is 7.86. The van der Waals surface area contributed by atoms with Gasteiger partial charge < -0.3 is 19.1 Å². The van der Waals surface area contributed by atoms with Crippen LogP contribution in [0.3, 0.4) is 0 Å². The molecule has 2 aromatic heterocycles. The van der Waals surface area contributed by atoms with Gasteiger partial charge in [-0.1, -0.05) is 17.7 Å². The van der Waals surface area contributed by atoms with Gasteiger partial charge in [-0.2, -0.15) is 0 Å². The van der Waals surface area contributed by atoms with Gasteiger partial charge in [-0.25, -0.2) is 18.4 Å². The average molecular weight is 576 g/mol. The summed E-state index contributed by atoms with van der Waals surface area (Å²) >= 11 is 6.00. The lowest BCUT2D eigenvalue weighted by Crippen LogP contribution is -2.49. The first-order chi connectivity index (χ1) is 18.5. The molecular weight excluding hydrogens is 545 g/mol. The largest absolute Gasteiger partial charge is 0.480 e. The summed E-state index contributed by atoms with van der Waals surface area (Å²) in [5.41, 5.74) is 1.48. The van der Waals surface area contributed by atoms with Crippen molar-refractivity contribution in [2.24, 2.45) is 0 Å². The summed E-state index contributed by atoms with van der Waals surface area (Å²) < 4.78 is 41.6. The minimum absolute atomic E-state index is 0.187. The zero-order valence-electron chi connectivity index (χ0n) is 22.2. The summed E-state index contributed by atoms with van der Waals surface area (Å²) in [6.07, 6.45) is 2.61. The number of benzene rings is 1. The van der Waals surface area contributed by atoms with E-state index in [-0.39, 0.29) is 16.9 Å². The Morgan fingerprint density at radius 3 is 2.54 bits per heavy atom. The Morgan fingerprint density at radius 2 is 1.87 bits per heavy atom. The lowest BCUT2D eigenvalue weighted by atomic mass is 10.1. The quantitative estimate of drug-likeness (QED) is 0.417. The van der Waals surface area contributed by atoms with Gasteiger partial charge in [-0.15, -0.1) is 0 Å². The Labute approximate surface area is 234 Å². The van der Waals surface area contributed by atoms with Gasteiger partial charge in [0.2, 0.25) is 5.88 Å². The minimum Gasteiger partial charge on any atom is -0.480 e. The van der Waals surface area contributed by atoms with Crippen LogP contribution in [0, 0.1) is 5.82 Å². The van der Waals surface area contributed by atoms with Crippen molar-refractivity contribution < 1.29 is 22.9 Å². The molecule has 0 bridgehead atoms. The van der Waals surface area contributed by atoms with Crippen molar-refractivity contribution >= 4 is 34.4 Å². The first kappa shape index (κ1) is 28.7. The fraction of sp³-hybridized carbons (Fsp3) is 0.370. The highest BCUT2D eigenvalue weighted by Gasteiger charge is 2.26. The molecule has 4 rings (SSSR count). The fourth-order valence-corrected chi connectivity index (χ4v) is 5.24. The number of aromatic nitrogens is 2. The zero-order valence-corrected chi connectivity index (χ0v) is 23.8. The molecule has 1 unspecified atom stereocenters. The average Bonchev–Trinajstić information content (AvgIpc) is 2.88. The lowest BCUT2D eigenvalue weighted by Gasteiger charge is -2.35. The van der Waals surface area contributed by atoms with E-state index in [0.29, 0.717) is 54.7 Å². The molecule has 1 aromatic carbocycles. The van der Waals surface area contributed by atoms with E-state index in [1.807, 2.05) is 26.8 Å². The fourth-order valence-electron chi connectivity index (χ4n) is 4.04. The number of pyridine rings is 2. The second-order valence-corrected chi connectivity index (χ2v) is 11.6. The number of ether oxygens (including phenoxy) is 2. The Morgan fingerprint density at radius 1 is 1.13 bits per heavy atom. The van der Waals surface area contributed by atoms with Gasteiger partial charge in [0, 0.05) is 50.7 Å². The Balaban J connectivity index is 1.39.